The summed E-state index contributed by atoms with van der Waals surface area (Å²) in [5.41, 5.74) is -1.42. The lowest BCUT2D eigenvalue weighted by molar-refractivity contribution is -0.277. The van der Waals surface area contributed by atoms with Crippen molar-refractivity contribution in [1.29, 1.82) is 0 Å². The van der Waals surface area contributed by atoms with Crippen LogP contribution < -0.4 is 4.74 Å². The van der Waals surface area contributed by atoms with E-state index < -0.39 is 23.2 Å². The Labute approximate surface area is 276 Å². The van der Waals surface area contributed by atoms with E-state index >= 15 is 0 Å². The van der Waals surface area contributed by atoms with Crippen molar-refractivity contribution in [1.82, 2.24) is 4.90 Å². The molecule has 11 heteroatoms. The van der Waals surface area contributed by atoms with Gasteiger partial charge in [0.2, 0.25) is 0 Å². The Kier molecular flexibility index (Phi) is 8.17. The molecule has 1 aromatic carbocycles. The Balaban J connectivity index is 1.46. The fourth-order valence-electron chi connectivity index (χ4n) is 12.5. The molecule has 13 atom stereocenters. The molecule has 5 saturated carbocycles. The highest BCUT2D eigenvalue weighted by molar-refractivity contribution is 5.89. The van der Waals surface area contributed by atoms with Gasteiger partial charge in [-0.1, -0.05) is 6.92 Å². The molecule has 6 fully saturated rings. The number of hydrogen-bond acceptors (Lipinski definition) is 11. The molecule has 1 spiro atoms. The van der Waals surface area contributed by atoms with Crippen LogP contribution in [0, 0.1) is 40.4 Å². The number of piperidine rings is 1. The lowest BCUT2D eigenvalue weighted by Crippen LogP contribution is -2.77. The molecule has 0 aromatic heterocycles. The highest BCUT2D eigenvalue weighted by Crippen LogP contribution is 2.80. The maximum atomic E-state index is 14.0. The van der Waals surface area contributed by atoms with E-state index in [1.165, 1.54) is 13.8 Å². The molecule has 7 bridgehead atoms. The molecule has 1 aromatic rings. The number of methoxy groups -OCH3 is 4. The maximum Gasteiger partial charge on any atom is 0.338 e. The van der Waals surface area contributed by atoms with Crippen LogP contribution >= 0.6 is 0 Å². The van der Waals surface area contributed by atoms with Crippen LogP contribution in [0.25, 0.3) is 0 Å². The zero-order valence-electron chi connectivity index (χ0n) is 28.6. The Hall–Kier alpha value is -2.73. The van der Waals surface area contributed by atoms with E-state index in [0.717, 1.165) is 19.5 Å². The first-order valence-electron chi connectivity index (χ1n) is 17.1. The van der Waals surface area contributed by atoms with Gasteiger partial charge < -0.3 is 33.2 Å². The lowest BCUT2D eigenvalue weighted by Gasteiger charge is -2.69. The van der Waals surface area contributed by atoms with Crippen LogP contribution in [-0.2, 0) is 38.0 Å². The van der Waals surface area contributed by atoms with Crippen LogP contribution in [0.3, 0.4) is 0 Å². The average Bonchev–Trinajstić information content (AvgIpc) is 3.47. The van der Waals surface area contributed by atoms with E-state index in [2.05, 4.69) is 11.8 Å². The first-order valence-corrected chi connectivity index (χ1v) is 17.1. The normalized spacial score (nSPS) is 44.1. The molecule has 11 nitrogen and oxygen atoms in total. The van der Waals surface area contributed by atoms with Crippen molar-refractivity contribution in [3.05, 3.63) is 29.8 Å². The lowest BCUT2D eigenvalue weighted by atomic mass is 9.43. The third-order valence-electron chi connectivity index (χ3n) is 13.2. The summed E-state index contributed by atoms with van der Waals surface area (Å²) in [4.78, 5) is 42.5. The Morgan fingerprint density at radius 1 is 0.936 bits per heavy atom. The van der Waals surface area contributed by atoms with Gasteiger partial charge in [-0.25, -0.2) is 4.79 Å². The van der Waals surface area contributed by atoms with E-state index in [-0.39, 0.29) is 71.2 Å². The minimum Gasteiger partial charge on any atom is -0.497 e. The standard InChI is InChI=1S/C36H49NO10/c1-8-37-17-34(18-41-4)14-13-26(46-33(40)21-9-11-22(42-5)12-10-21)36-24-15-23-25(43-6)16-35(47-20(3)39,27(24)29(23)45-19(2)38)28(32(36)37)30(44-7)31(34)36/h9-12,23-32H,8,13-18H2,1-7H3/t23-,24-,25+,26+,27-,28+,29+,30+,31-,32?,34+,35-,36+/m1/s1. The highest BCUT2D eigenvalue weighted by Gasteiger charge is 2.88. The van der Waals surface area contributed by atoms with Gasteiger partial charge in [0, 0.05) is 88.7 Å². The molecule has 1 saturated heterocycles. The van der Waals surface area contributed by atoms with E-state index in [4.69, 9.17) is 33.2 Å². The van der Waals surface area contributed by atoms with Gasteiger partial charge in [-0.3, -0.25) is 14.5 Å². The second-order valence-corrected chi connectivity index (χ2v) is 14.8. The predicted molar refractivity (Wildman–Crippen MR) is 168 cm³/mol. The molecule has 7 rings (SSSR count). The molecule has 0 amide bonds. The average molecular weight is 656 g/mol. The number of likely N-dealkylation sites (tertiary alicyclic amines) is 1. The maximum absolute atomic E-state index is 14.0. The molecule has 0 radical (unpaired) electrons. The number of ether oxygens (including phenoxy) is 7. The van der Waals surface area contributed by atoms with Gasteiger partial charge >= 0.3 is 17.9 Å². The van der Waals surface area contributed by atoms with Gasteiger partial charge in [0.25, 0.3) is 0 Å². The van der Waals surface area contributed by atoms with Crippen molar-refractivity contribution >= 4 is 17.9 Å². The third-order valence-corrected chi connectivity index (χ3v) is 13.2. The van der Waals surface area contributed by atoms with Crippen molar-refractivity contribution in [3.8, 4) is 5.75 Å². The topological polar surface area (TPSA) is 119 Å². The zero-order valence-corrected chi connectivity index (χ0v) is 28.6. The van der Waals surface area contributed by atoms with E-state index in [9.17, 15) is 14.4 Å². The Morgan fingerprint density at radius 3 is 2.28 bits per heavy atom. The monoisotopic (exact) mass is 655 g/mol. The van der Waals surface area contributed by atoms with Crippen LogP contribution in [0.4, 0.5) is 0 Å². The van der Waals surface area contributed by atoms with E-state index in [1.54, 1.807) is 52.7 Å². The second kappa shape index (κ2) is 11.7. The summed E-state index contributed by atoms with van der Waals surface area (Å²) in [6, 6.07) is 6.89. The minimum absolute atomic E-state index is 0.0547. The molecule has 0 N–H and O–H groups in total. The van der Waals surface area contributed by atoms with Crippen molar-refractivity contribution in [2.45, 2.75) is 82.5 Å². The summed E-state index contributed by atoms with van der Waals surface area (Å²) in [7, 11) is 6.78. The van der Waals surface area contributed by atoms with Gasteiger partial charge in [-0.05, 0) is 56.0 Å². The predicted octanol–water partition coefficient (Wildman–Crippen LogP) is 3.52. The van der Waals surface area contributed by atoms with Gasteiger partial charge in [-0.15, -0.1) is 0 Å². The van der Waals surface area contributed by atoms with E-state index in [1.807, 2.05) is 0 Å². The SMILES string of the molecule is CCN1C[C@]2(COC)CC[C@H](OC(=O)c3ccc(OC)cc3)[C@]34C1[C@H]([C@H](OC)[C@H]23)[C@@]1(OC(C)=O)C[C@H](OC)[C@H]2C[C@@H]4[C@@H]1[C@H]2OC(C)=O. The molecule has 5 aliphatic carbocycles. The Bertz CT molecular complexity index is 1400. The first kappa shape index (κ1) is 32.8. The molecule has 1 heterocycles. The third kappa shape index (κ3) is 4.34. The fourth-order valence-corrected chi connectivity index (χ4v) is 12.5. The number of rotatable bonds is 10. The van der Waals surface area contributed by atoms with Crippen LogP contribution in [0.15, 0.2) is 24.3 Å². The largest absolute Gasteiger partial charge is 0.497 e. The van der Waals surface area contributed by atoms with Gasteiger partial charge in [0.05, 0.1) is 31.5 Å². The summed E-state index contributed by atoms with van der Waals surface area (Å²) < 4.78 is 43.8. The first-order chi connectivity index (χ1) is 22.6. The Morgan fingerprint density at radius 2 is 1.68 bits per heavy atom. The highest BCUT2D eigenvalue weighted by atomic mass is 16.6. The quantitative estimate of drug-likeness (QED) is 0.272. The second-order valence-electron chi connectivity index (χ2n) is 14.8. The smallest absolute Gasteiger partial charge is 0.338 e. The number of esters is 3. The van der Waals surface area contributed by atoms with Gasteiger partial charge in [0.15, 0.2) is 0 Å². The van der Waals surface area contributed by atoms with Crippen LogP contribution in [-0.4, -0.2) is 107 Å². The number of fused-ring (bicyclic) bond motifs is 2. The molecule has 1 unspecified atom stereocenters. The van der Waals surface area contributed by atoms with Crippen molar-refractivity contribution in [2.75, 3.05) is 48.1 Å². The molecule has 6 aliphatic rings. The number of nitrogens with zero attached hydrogens (tertiary/aromatic N) is 1. The summed E-state index contributed by atoms with van der Waals surface area (Å²) in [5, 5.41) is 0. The van der Waals surface area contributed by atoms with Crippen LogP contribution in [0.1, 0.15) is 56.8 Å². The summed E-state index contributed by atoms with van der Waals surface area (Å²) in [5.74, 6) is -1.32. The molecule has 258 valence electrons. The summed E-state index contributed by atoms with van der Waals surface area (Å²) in [6.07, 6.45) is 1.05. The number of carbonyl (C=O) groups excluding carboxylic acids is 3. The summed E-state index contributed by atoms with van der Waals surface area (Å²) >= 11 is 0. The molecular formula is C36H49NO10. The number of benzene rings is 1. The van der Waals surface area contributed by atoms with Crippen molar-refractivity contribution in [2.24, 2.45) is 40.4 Å². The number of hydrogen-bond donors (Lipinski definition) is 0. The molecule has 1 aliphatic heterocycles. The summed E-state index contributed by atoms with van der Waals surface area (Å²) in [6.45, 7) is 7.17. The van der Waals surface area contributed by atoms with Gasteiger partial charge in [0.1, 0.15) is 23.6 Å². The van der Waals surface area contributed by atoms with Gasteiger partial charge in [-0.2, -0.15) is 0 Å². The van der Waals surface area contributed by atoms with Crippen molar-refractivity contribution in [3.63, 3.8) is 0 Å². The van der Waals surface area contributed by atoms with Crippen molar-refractivity contribution < 1.29 is 47.5 Å². The van der Waals surface area contributed by atoms with Crippen LogP contribution in [0.5, 0.6) is 5.75 Å². The minimum atomic E-state index is -1.01. The van der Waals surface area contributed by atoms with Crippen LogP contribution in [0.2, 0.25) is 0 Å². The molecular weight excluding hydrogens is 606 g/mol. The fraction of sp³-hybridized carbons (Fsp3) is 0.750. The van der Waals surface area contributed by atoms with E-state index in [0.29, 0.717) is 37.2 Å². The molecule has 47 heavy (non-hydrogen) atoms. The zero-order chi connectivity index (χ0) is 33.5. The number of carbonyl (C=O) groups is 3.